The van der Waals surface area contributed by atoms with Crippen LogP contribution in [0.2, 0.25) is 0 Å². The lowest BCUT2D eigenvalue weighted by Gasteiger charge is -2.16. The summed E-state index contributed by atoms with van der Waals surface area (Å²) in [6, 6.07) is 38.1. The van der Waals surface area contributed by atoms with Crippen LogP contribution in [0.3, 0.4) is 0 Å². The molecule has 0 fully saturated rings. The molecular formula is C40H24N2. The van der Waals surface area contributed by atoms with E-state index in [1.165, 1.54) is 93.3 Å². The highest BCUT2D eigenvalue weighted by molar-refractivity contribution is 6.29. The van der Waals surface area contributed by atoms with Gasteiger partial charge in [0.1, 0.15) is 0 Å². The second-order valence-corrected chi connectivity index (χ2v) is 11.9. The Labute approximate surface area is 242 Å². The van der Waals surface area contributed by atoms with E-state index in [4.69, 9.17) is 9.97 Å². The zero-order valence-electron chi connectivity index (χ0n) is 23.3. The Morgan fingerprint density at radius 1 is 0.476 bits per heavy atom. The lowest BCUT2D eigenvalue weighted by atomic mass is 9.88. The number of hydrogen-bond acceptors (Lipinski definition) is 2. The lowest BCUT2D eigenvalue weighted by Crippen LogP contribution is -1.92. The van der Waals surface area contributed by atoms with Crippen molar-refractivity contribution in [2.24, 2.45) is 0 Å². The van der Waals surface area contributed by atoms with Crippen LogP contribution in [-0.4, -0.2) is 9.97 Å². The molecule has 2 aliphatic carbocycles. The minimum atomic E-state index is 1.02. The maximum Gasteiger partial charge on any atom is 0.0787 e. The fourth-order valence-corrected chi connectivity index (χ4v) is 7.75. The average Bonchev–Trinajstić information content (AvgIpc) is 3.53. The summed E-state index contributed by atoms with van der Waals surface area (Å²) in [5, 5.41) is 8.88. The van der Waals surface area contributed by atoms with Gasteiger partial charge in [0.2, 0.25) is 0 Å². The zero-order valence-corrected chi connectivity index (χ0v) is 23.3. The summed E-state index contributed by atoms with van der Waals surface area (Å²) in [6.07, 6.45) is 1.92. The van der Waals surface area contributed by atoms with Crippen molar-refractivity contribution >= 4 is 43.2 Å². The maximum atomic E-state index is 5.34. The SMILES string of the molecule is Cc1ccc2c(c1)c(-c1cc3c4c(cccc4n1)-c1ccccc1-3)cc1c3ccc(C)c4c3c(cc21)-c1ncccc1-4. The standard InChI is InChI=1S/C40H24N2/c1-21-12-14-25-29(17-21)32(36-20-33-24-8-4-3-7-23(24)26-9-5-11-35(42-36)38(26)33)18-31-27-15-13-22(2)37-28-10-6-16-41-40(28)34(39(27)37)19-30(25)31/h3-20H,1-2H3. The predicted molar refractivity (Wildman–Crippen MR) is 176 cm³/mol. The van der Waals surface area contributed by atoms with E-state index in [9.17, 15) is 0 Å². The van der Waals surface area contributed by atoms with E-state index in [2.05, 4.69) is 117 Å². The molecule has 194 valence electrons. The lowest BCUT2D eigenvalue weighted by molar-refractivity contribution is 1.34. The Bertz CT molecular complexity index is 2540. The van der Waals surface area contributed by atoms with Crippen molar-refractivity contribution in [3.8, 4) is 55.9 Å². The van der Waals surface area contributed by atoms with Crippen LogP contribution in [0, 0.1) is 13.8 Å². The molecule has 2 heteroatoms. The monoisotopic (exact) mass is 532 g/mol. The third-order valence-corrected chi connectivity index (χ3v) is 9.55. The molecule has 0 saturated carbocycles. The summed E-state index contributed by atoms with van der Waals surface area (Å²) in [6.45, 7) is 4.39. The Hall–Kier alpha value is -5.34. The third-order valence-electron chi connectivity index (χ3n) is 9.55. The van der Waals surface area contributed by atoms with Gasteiger partial charge in [-0.15, -0.1) is 0 Å². The van der Waals surface area contributed by atoms with Gasteiger partial charge in [-0.3, -0.25) is 4.98 Å². The Kier molecular flexibility index (Phi) is 4.09. The number of nitrogens with zero attached hydrogens (tertiary/aromatic N) is 2. The molecule has 6 aromatic carbocycles. The summed E-state index contributed by atoms with van der Waals surface area (Å²) >= 11 is 0. The number of aromatic nitrogens is 2. The molecule has 10 rings (SSSR count). The number of fused-ring (bicyclic) bond motifs is 10. The van der Waals surface area contributed by atoms with E-state index >= 15 is 0 Å². The molecule has 0 aliphatic heterocycles. The molecule has 0 N–H and O–H groups in total. The van der Waals surface area contributed by atoms with Gasteiger partial charge in [-0.1, -0.05) is 78.4 Å². The van der Waals surface area contributed by atoms with Gasteiger partial charge < -0.3 is 0 Å². The van der Waals surface area contributed by atoms with Crippen molar-refractivity contribution in [3.05, 3.63) is 120 Å². The molecule has 0 amide bonds. The van der Waals surface area contributed by atoms with Crippen LogP contribution in [0.25, 0.3) is 99.1 Å². The molecule has 0 radical (unpaired) electrons. The number of hydrogen-bond donors (Lipinski definition) is 0. The minimum Gasteiger partial charge on any atom is -0.256 e. The fourth-order valence-electron chi connectivity index (χ4n) is 7.75. The normalized spacial score (nSPS) is 12.5. The zero-order chi connectivity index (χ0) is 27.7. The third kappa shape index (κ3) is 2.70. The van der Waals surface area contributed by atoms with Crippen molar-refractivity contribution < 1.29 is 0 Å². The van der Waals surface area contributed by atoms with E-state index in [1.807, 2.05) is 6.20 Å². The quantitative estimate of drug-likeness (QED) is 0.197. The van der Waals surface area contributed by atoms with Gasteiger partial charge in [-0.25, -0.2) is 4.98 Å². The molecule has 2 aliphatic rings. The highest BCUT2D eigenvalue weighted by atomic mass is 14.7. The molecule has 0 unspecified atom stereocenters. The minimum absolute atomic E-state index is 1.02. The second-order valence-electron chi connectivity index (χ2n) is 11.9. The second kappa shape index (κ2) is 7.69. The first kappa shape index (κ1) is 22.4. The van der Waals surface area contributed by atoms with Gasteiger partial charge >= 0.3 is 0 Å². The van der Waals surface area contributed by atoms with Crippen LogP contribution in [0.1, 0.15) is 11.1 Å². The van der Waals surface area contributed by atoms with Gasteiger partial charge in [0.25, 0.3) is 0 Å². The van der Waals surface area contributed by atoms with E-state index < -0.39 is 0 Å². The molecule has 8 aromatic rings. The smallest absolute Gasteiger partial charge is 0.0787 e. The molecule has 0 atom stereocenters. The summed E-state index contributed by atoms with van der Waals surface area (Å²) in [5.74, 6) is 0. The van der Waals surface area contributed by atoms with Crippen LogP contribution in [-0.2, 0) is 0 Å². The molecule has 2 nitrogen and oxygen atoms in total. The maximum absolute atomic E-state index is 5.34. The summed E-state index contributed by atoms with van der Waals surface area (Å²) in [4.78, 5) is 10.2. The first-order valence-electron chi connectivity index (χ1n) is 14.6. The van der Waals surface area contributed by atoms with Crippen LogP contribution >= 0.6 is 0 Å². The van der Waals surface area contributed by atoms with Crippen LogP contribution in [0.5, 0.6) is 0 Å². The van der Waals surface area contributed by atoms with Crippen molar-refractivity contribution in [1.82, 2.24) is 9.97 Å². The van der Waals surface area contributed by atoms with Crippen molar-refractivity contribution in [1.29, 1.82) is 0 Å². The molecular weight excluding hydrogens is 508 g/mol. The highest BCUT2D eigenvalue weighted by Crippen LogP contribution is 2.52. The van der Waals surface area contributed by atoms with Crippen LogP contribution in [0.15, 0.2) is 109 Å². The molecule has 42 heavy (non-hydrogen) atoms. The largest absolute Gasteiger partial charge is 0.256 e. The number of benzene rings is 6. The highest BCUT2D eigenvalue weighted by Gasteiger charge is 2.27. The summed E-state index contributed by atoms with van der Waals surface area (Å²) in [5.41, 5.74) is 15.8. The van der Waals surface area contributed by atoms with Gasteiger partial charge in [-0.2, -0.15) is 0 Å². The average molecular weight is 533 g/mol. The van der Waals surface area contributed by atoms with E-state index in [0.717, 1.165) is 16.9 Å². The number of rotatable bonds is 1. The van der Waals surface area contributed by atoms with E-state index in [1.54, 1.807) is 0 Å². The van der Waals surface area contributed by atoms with Crippen LogP contribution in [0.4, 0.5) is 0 Å². The fraction of sp³-hybridized carbons (Fsp3) is 0.0500. The first-order valence-corrected chi connectivity index (χ1v) is 14.6. The van der Waals surface area contributed by atoms with Gasteiger partial charge in [0.05, 0.1) is 16.9 Å². The molecule has 2 aromatic heterocycles. The van der Waals surface area contributed by atoms with E-state index in [0.29, 0.717) is 0 Å². The Balaban J connectivity index is 1.36. The van der Waals surface area contributed by atoms with Crippen LogP contribution < -0.4 is 0 Å². The molecule has 0 spiro atoms. The topological polar surface area (TPSA) is 25.8 Å². The van der Waals surface area contributed by atoms with Gasteiger partial charge in [0.15, 0.2) is 0 Å². The first-order chi connectivity index (χ1) is 20.7. The van der Waals surface area contributed by atoms with Gasteiger partial charge in [-0.05, 0) is 110 Å². The summed E-state index contributed by atoms with van der Waals surface area (Å²) in [7, 11) is 0. The number of pyridine rings is 2. The predicted octanol–water partition coefficient (Wildman–Crippen LogP) is 10.7. The van der Waals surface area contributed by atoms with Crippen molar-refractivity contribution in [2.45, 2.75) is 13.8 Å². The summed E-state index contributed by atoms with van der Waals surface area (Å²) < 4.78 is 0. The Morgan fingerprint density at radius 3 is 2.14 bits per heavy atom. The van der Waals surface area contributed by atoms with Crippen molar-refractivity contribution in [3.63, 3.8) is 0 Å². The molecule has 0 bridgehead atoms. The van der Waals surface area contributed by atoms with Gasteiger partial charge in [0, 0.05) is 28.3 Å². The molecule has 0 saturated heterocycles. The van der Waals surface area contributed by atoms with E-state index in [-0.39, 0.29) is 0 Å². The number of aryl methyl sites for hydroxylation is 2. The van der Waals surface area contributed by atoms with Crippen molar-refractivity contribution in [2.75, 3.05) is 0 Å². The molecule has 2 heterocycles. The Morgan fingerprint density at radius 2 is 1.24 bits per heavy atom.